The van der Waals surface area contributed by atoms with Crippen LogP contribution in [0.5, 0.6) is 0 Å². The second-order valence-electron chi connectivity index (χ2n) is 2.24. The van der Waals surface area contributed by atoms with Crippen molar-refractivity contribution in [1.29, 1.82) is 0 Å². The molecule has 1 rings (SSSR count). The maximum Gasteiger partial charge on any atom is 0.450 e. The van der Waals surface area contributed by atoms with E-state index in [2.05, 4.69) is 9.97 Å². The zero-order chi connectivity index (χ0) is 10.6. The Morgan fingerprint density at radius 3 is 2.43 bits per heavy atom. The number of halogens is 3. The Bertz CT molecular complexity index is 314. The molecule has 0 amide bonds. The van der Waals surface area contributed by atoms with Crippen LogP contribution in [0.15, 0.2) is 23.6 Å². The van der Waals surface area contributed by atoms with Crippen LogP contribution in [0.2, 0.25) is 0 Å². The number of carbonyl (C=O) groups excluding carboxylic acids is 1. The molecule has 0 unspecified atom stereocenters. The van der Waals surface area contributed by atoms with Crippen LogP contribution < -0.4 is 0 Å². The molecule has 0 fully saturated rings. The monoisotopic (exact) mass is 222 g/mol. The Morgan fingerprint density at radius 2 is 1.93 bits per heavy atom. The third kappa shape index (κ3) is 3.33. The smallest absolute Gasteiger partial charge is 0.289 e. The SMILES string of the molecule is O=C(CSc1ncccn1)C(F)(F)F. The molecule has 1 heterocycles. The molecule has 0 aliphatic carbocycles. The minimum Gasteiger partial charge on any atom is -0.289 e. The fourth-order valence-electron chi connectivity index (χ4n) is 0.572. The van der Waals surface area contributed by atoms with Gasteiger partial charge in [-0.05, 0) is 6.07 Å². The fraction of sp³-hybridized carbons (Fsp3) is 0.286. The van der Waals surface area contributed by atoms with Gasteiger partial charge in [0.15, 0.2) is 5.16 Å². The standard InChI is InChI=1S/C7H5F3N2OS/c8-7(9,10)5(13)4-14-6-11-2-1-3-12-6/h1-3H,4H2. The summed E-state index contributed by atoms with van der Waals surface area (Å²) in [4.78, 5) is 17.8. The molecule has 0 aliphatic rings. The number of hydrogen-bond acceptors (Lipinski definition) is 4. The minimum absolute atomic E-state index is 0.157. The predicted octanol–water partition coefficient (Wildman–Crippen LogP) is 1.70. The van der Waals surface area contributed by atoms with E-state index in [4.69, 9.17) is 0 Å². The summed E-state index contributed by atoms with van der Waals surface area (Å²) >= 11 is 0.664. The third-order valence-electron chi connectivity index (χ3n) is 1.19. The van der Waals surface area contributed by atoms with Crippen molar-refractivity contribution in [2.24, 2.45) is 0 Å². The Kier molecular flexibility index (Phi) is 3.45. The average molecular weight is 222 g/mol. The van der Waals surface area contributed by atoms with Crippen LogP contribution in [-0.2, 0) is 4.79 Å². The maximum atomic E-state index is 11.7. The van der Waals surface area contributed by atoms with Crippen molar-refractivity contribution in [3.63, 3.8) is 0 Å². The van der Waals surface area contributed by atoms with Gasteiger partial charge in [-0.15, -0.1) is 0 Å². The van der Waals surface area contributed by atoms with Crippen LogP contribution in [0.3, 0.4) is 0 Å². The molecular formula is C7H5F3N2OS. The highest BCUT2D eigenvalue weighted by atomic mass is 32.2. The third-order valence-corrected chi connectivity index (χ3v) is 2.07. The summed E-state index contributed by atoms with van der Waals surface area (Å²) in [6, 6.07) is 1.54. The van der Waals surface area contributed by atoms with Gasteiger partial charge in [0.05, 0.1) is 5.75 Å². The lowest BCUT2D eigenvalue weighted by Crippen LogP contribution is -2.24. The van der Waals surface area contributed by atoms with Gasteiger partial charge in [-0.2, -0.15) is 13.2 Å². The van der Waals surface area contributed by atoms with Crippen molar-refractivity contribution in [3.05, 3.63) is 18.5 Å². The van der Waals surface area contributed by atoms with Crippen LogP contribution in [0, 0.1) is 0 Å². The molecule has 76 valence electrons. The van der Waals surface area contributed by atoms with E-state index >= 15 is 0 Å². The number of nitrogens with zero attached hydrogens (tertiary/aromatic N) is 2. The number of aromatic nitrogens is 2. The van der Waals surface area contributed by atoms with E-state index in [0.717, 1.165) is 0 Å². The predicted molar refractivity (Wildman–Crippen MR) is 43.8 cm³/mol. The highest BCUT2D eigenvalue weighted by Crippen LogP contribution is 2.20. The van der Waals surface area contributed by atoms with Crippen LogP contribution in [0.25, 0.3) is 0 Å². The van der Waals surface area contributed by atoms with E-state index in [-0.39, 0.29) is 5.16 Å². The Morgan fingerprint density at radius 1 is 1.36 bits per heavy atom. The molecule has 0 spiro atoms. The first kappa shape index (κ1) is 11.0. The van der Waals surface area contributed by atoms with Gasteiger partial charge in [0.2, 0.25) is 5.78 Å². The first-order chi connectivity index (χ1) is 6.50. The summed E-state index contributed by atoms with van der Waals surface area (Å²) in [7, 11) is 0. The molecule has 0 saturated carbocycles. The average Bonchev–Trinajstić information content (AvgIpc) is 2.14. The van der Waals surface area contributed by atoms with E-state index in [9.17, 15) is 18.0 Å². The van der Waals surface area contributed by atoms with Gasteiger partial charge in [0.25, 0.3) is 0 Å². The Balaban J connectivity index is 2.46. The van der Waals surface area contributed by atoms with Crippen molar-refractivity contribution >= 4 is 17.5 Å². The summed E-state index contributed by atoms with van der Waals surface area (Å²) in [5.41, 5.74) is 0. The molecule has 0 aliphatic heterocycles. The lowest BCUT2D eigenvalue weighted by atomic mass is 10.4. The summed E-state index contributed by atoms with van der Waals surface area (Å²) < 4.78 is 35.2. The van der Waals surface area contributed by atoms with E-state index in [0.29, 0.717) is 11.8 Å². The van der Waals surface area contributed by atoms with Gasteiger partial charge < -0.3 is 0 Å². The molecule has 0 atom stereocenters. The van der Waals surface area contributed by atoms with Gasteiger partial charge in [-0.1, -0.05) is 11.8 Å². The first-order valence-electron chi connectivity index (χ1n) is 3.50. The van der Waals surface area contributed by atoms with Crippen molar-refractivity contribution in [2.45, 2.75) is 11.3 Å². The zero-order valence-electron chi connectivity index (χ0n) is 6.78. The normalized spacial score (nSPS) is 11.4. The van der Waals surface area contributed by atoms with Gasteiger partial charge in [-0.3, -0.25) is 4.79 Å². The molecule has 0 saturated heterocycles. The molecular weight excluding hydrogens is 217 g/mol. The summed E-state index contributed by atoms with van der Waals surface area (Å²) in [5, 5.41) is 0.157. The van der Waals surface area contributed by atoms with Gasteiger partial charge >= 0.3 is 6.18 Å². The first-order valence-corrected chi connectivity index (χ1v) is 4.48. The molecule has 7 heteroatoms. The van der Waals surface area contributed by atoms with E-state index in [1.165, 1.54) is 18.5 Å². The molecule has 1 aromatic heterocycles. The van der Waals surface area contributed by atoms with Crippen LogP contribution in [-0.4, -0.2) is 27.7 Å². The van der Waals surface area contributed by atoms with Crippen molar-refractivity contribution < 1.29 is 18.0 Å². The number of thioether (sulfide) groups is 1. The number of rotatable bonds is 3. The Labute approximate surface area is 81.7 Å². The molecule has 0 radical (unpaired) electrons. The number of ketones is 1. The van der Waals surface area contributed by atoms with Gasteiger partial charge in [0, 0.05) is 12.4 Å². The van der Waals surface area contributed by atoms with Crippen molar-refractivity contribution in [3.8, 4) is 0 Å². The van der Waals surface area contributed by atoms with Crippen molar-refractivity contribution in [1.82, 2.24) is 9.97 Å². The number of hydrogen-bond donors (Lipinski definition) is 0. The lowest BCUT2D eigenvalue weighted by molar-refractivity contribution is -0.167. The summed E-state index contributed by atoms with van der Waals surface area (Å²) in [5.74, 6) is -2.47. The number of alkyl halides is 3. The fourth-order valence-corrected chi connectivity index (χ4v) is 1.27. The van der Waals surface area contributed by atoms with Crippen LogP contribution >= 0.6 is 11.8 Å². The minimum atomic E-state index is -4.78. The van der Waals surface area contributed by atoms with Crippen LogP contribution in [0.1, 0.15) is 0 Å². The van der Waals surface area contributed by atoms with Gasteiger partial charge in [-0.25, -0.2) is 9.97 Å². The topological polar surface area (TPSA) is 42.9 Å². The maximum absolute atomic E-state index is 11.7. The molecule has 3 nitrogen and oxygen atoms in total. The largest absolute Gasteiger partial charge is 0.450 e. The molecule has 0 N–H and O–H groups in total. The van der Waals surface area contributed by atoms with Crippen molar-refractivity contribution in [2.75, 3.05) is 5.75 Å². The number of Topliss-reactive ketones (excluding diaryl/α,β-unsaturated/α-hetero) is 1. The molecule has 0 aromatic carbocycles. The summed E-state index contributed by atoms with van der Waals surface area (Å²) in [6.07, 6.45) is -1.98. The quantitative estimate of drug-likeness (QED) is 0.576. The Hall–Kier alpha value is -1.11. The van der Waals surface area contributed by atoms with E-state index < -0.39 is 17.7 Å². The molecule has 0 bridgehead atoms. The highest BCUT2D eigenvalue weighted by Gasteiger charge is 2.37. The van der Waals surface area contributed by atoms with E-state index in [1.54, 1.807) is 0 Å². The molecule has 14 heavy (non-hydrogen) atoms. The lowest BCUT2D eigenvalue weighted by Gasteiger charge is -2.03. The van der Waals surface area contributed by atoms with Gasteiger partial charge in [0.1, 0.15) is 0 Å². The highest BCUT2D eigenvalue weighted by molar-refractivity contribution is 7.99. The summed E-state index contributed by atoms with van der Waals surface area (Å²) in [6.45, 7) is 0. The number of carbonyl (C=O) groups is 1. The zero-order valence-corrected chi connectivity index (χ0v) is 7.60. The second-order valence-corrected chi connectivity index (χ2v) is 3.18. The second kappa shape index (κ2) is 4.41. The van der Waals surface area contributed by atoms with E-state index in [1.807, 2.05) is 0 Å². The molecule has 1 aromatic rings. The van der Waals surface area contributed by atoms with Crippen LogP contribution in [0.4, 0.5) is 13.2 Å².